The molecule has 24 heavy (non-hydrogen) atoms. The summed E-state index contributed by atoms with van der Waals surface area (Å²) in [7, 11) is 1.77. The number of nitrogens with zero attached hydrogens (tertiary/aromatic N) is 1. The fraction of sp³-hybridized carbons (Fsp3) is 0.556. The largest absolute Gasteiger partial charge is 0.356 e. The molecule has 5 nitrogen and oxygen atoms in total. The molecular weight excluding hydrogens is 320 g/mol. The second-order valence-corrected chi connectivity index (χ2v) is 7.16. The molecule has 0 radical (unpaired) electrons. The summed E-state index contributed by atoms with van der Waals surface area (Å²) in [6.07, 6.45) is 6.24. The highest BCUT2D eigenvalue weighted by molar-refractivity contribution is 7.99. The van der Waals surface area contributed by atoms with Gasteiger partial charge in [-0.1, -0.05) is 30.3 Å². The molecule has 2 rings (SSSR count). The fourth-order valence-corrected chi connectivity index (χ4v) is 3.65. The molecule has 2 unspecified atom stereocenters. The first-order valence-corrected chi connectivity index (χ1v) is 9.80. The Morgan fingerprint density at radius 1 is 1.25 bits per heavy atom. The lowest BCUT2D eigenvalue weighted by Gasteiger charge is -2.17. The summed E-state index contributed by atoms with van der Waals surface area (Å²) >= 11 is 1.94. The third kappa shape index (κ3) is 6.43. The van der Waals surface area contributed by atoms with E-state index in [0.29, 0.717) is 25.6 Å². The zero-order chi connectivity index (χ0) is 17.2. The maximum atomic E-state index is 11.9. The highest BCUT2D eigenvalue weighted by Gasteiger charge is 2.24. The lowest BCUT2D eigenvalue weighted by atomic mass is 10.2. The van der Waals surface area contributed by atoms with E-state index in [-0.39, 0.29) is 5.91 Å². The van der Waals surface area contributed by atoms with Crippen molar-refractivity contribution in [1.82, 2.24) is 16.0 Å². The molecule has 0 aromatic heterocycles. The van der Waals surface area contributed by atoms with Crippen molar-refractivity contribution in [3.05, 3.63) is 35.9 Å². The van der Waals surface area contributed by atoms with Crippen LogP contribution >= 0.6 is 11.8 Å². The monoisotopic (exact) mass is 348 g/mol. The number of thioether (sulfide) groups is 1. The molecule has 0 heterocycles. The summed E-state index contributed by atoms with van der Waals surface area (Å²) in [5, 5.41) is 10.4. The SMILES string of the molecule is CN=C(NCCC(=O)NCc1ccccc1)NC1CCC(SC)C1. The van der Waals surface area contributed by atoms with Crippen molar-refractivity contribution in [3.63, 3.8) is 0 Å². The first-order chi connectivity index (χ1) is 11.7. The third-order valence-corrected chi connectivity index (χ3v) is 5.35. The van der Waals surface area contributed by atoms with E-state index in [4.69, 9.17) is 0 Å². The van der Waals surface area contributed by atoms with Crippen LogP contribution in [0.3, 0.4) is 0 Å². The Bertz CT molecular complexity index is 535. The van der Waals surface area contributed by atoms with Gasteiger partial charge >= 0.3 is 0 Å². The predicted molar refractivity (Wildman–Crippen MR) is 102 cm³/mol. The van der Waals surface area contributed by atoms with E-state index >= 15 is 0 Å². The number of benzene rings is 1. The molecule has 0 aliphatic heterocycles. The van der Waals surface area contributed by atoms with E-state index in [1.54, 1.807) is 7.05 Å². The Hall–Kier alpha value is -1.69. The Labute approximate surface area is 149 Å². The fourth-order valence-electron chi connectivity index (χ4n) is 2.85. The topological polar surface area (TPSA) is 65.5 Å². The summed E-state index contributed by atoms with van der Waals surface area (Å²) < 4.78 is 0. The molecule has 1 saturated carbocycles. The Morgan fingerprint density at radius 3 is 2.71 bits per heavy atom. The van der Waals surface area contributed by atoms with Crippen molar-refractivity contribution in [2.75, 3.05) is 19.8 Å². The molecule has 3 N–H and O–H groups in total. The second-order valence-electron chi connectivity index (χ2n) is 6.02. The normalized spacial score (nSPS) is 20.7. The molecule has 1 fully saturated rings. The molecule has 0 spiro atoms. The van der Waals surface area contributed by atoms with Crippen molar-refractivity contribution in [2.24, 2.45) is 4.99 Å². The second kappa shape index (κ2) is 10.2. The Kier molecular flexibility index (Phi) is 7.95. The van der Waals surface area contributed by atoms with E-state index in [1.165, 1.54) is 19.3 Å². The molecule has 0 saturated heterocycles. The quantitative estimate of drug-likeness (QED) is 0.522. The first kappa shape index (κ1) is 18.6. The van der Waals surface area contributed by atoms with Gasteiger partial charge in [0.2, 0.25) is 5.91 Å². The standard InChI is InChI=1S/C18H28N4OS/c1-19-18(22-15-8-9-16(12-15)24-2)20-11-10-17(23)21-13-14-6-4-3-5-7-14/h3-7,15-16H,8-13H2,1-2H3,(H,21,23)(H2,19,20,22). The zero-order valence-corrected chi connectivity index (χ0v) is 15.4. The Balaban J connectivity index is 1.62. The molecule has 132 valence electrons. The Morgan fingerprint density at radius 2 is 2.04 bits per heavy atom. The van der Waals surface area contributed by atoms with Gasteiger partial charge in [-0.15, -0.1) is 0 Å². The van der Waals surface area contributed by atoms with E-state index < -0.39 is 0 Å². The van der Waals surface area contributed by atoms with Crippen molar-refractivity contribution in [2.45, 2.75) is 43.5 Å². The maximum absolute atomic E-state index is 11.9. The zero-order valence-electron chi connectivity index (χ0n) is 14.5. The minimum Gasteiger partial charge on any atom is -0.356 e. The van der Waals surface area contributed by atoms with Gasteiger partial charge in [0.15, 0.2) is 5.96 Å². The van der Waals surface area contributed by atoms with Crippen molar-refractivity contribution < 1.29 is 4.79 Å². The van der Waals surface area contributed by atoms with Gasteiger partial charge in [0.1, 0.15) is 0 Å². The average molecular weight is 349 g/mol. The highest BCUT2D eigenvalue weighted by atomic mass is 32.2. The van der Waals surface area contributed by atoms with E-state index in [2.05, 4.69) is 27.2 Å². The van der Waals surface area contributed by atoms with Crippen molar-refractivity contribution in [3.8, 4) is 0 Å². The molecule has 1 aromatic rings. The van der Waals surface area contributed by atoms with Crippen LogP contribution in [0.1, 0.15) is 31.2 Å². The average Bonchev–Trinajstić information content (AvgIpc) is 3.07. The van der Waals surface area contributed by atoms with Gasteiger partial charge in [-0.2, -0.15) is 11.8 Å². The number of hydrogen-bond acceptors (Lipinski definition) is 3. The van der Waals surface area contributed by atoms with Crippen LogP contribution in [0.4, 0.5) is 0 Å². The maximum Gasteiger partial charge on any atom is 0.222 e. The summed E-state index contributed by atoms with van der Waals surface area (Å²) in [6, 6.07) is 10.4. The molecule has 0 bridgehead atoms. The van der Waals surface area contributed by atoms with Crippen molar-refractivity contribution >= 4 is 23.6 Å². The number of hydrogen-bond donors (Lipinski definition) is 3. The molecule has 6 heteroatoms. The van der Waals surface area contributed by atoms with Crippen LogP contribution in [0.15, 0.2) is 35.3 Å². The molecule has 1 aromatic carbocycles. The lowest BCUT2D eigenvalue weighted by molar-refractivity contribution is -0.121. The minimum absolute atomic E-state index is 0.0464. The number of nitrogens with one attached hydrogen (secondary N) is 3. The number of amides is 1. The van der Waals surface area contributed by atoms with Crippen LogP contribution < -0.4 is 16.0 Å². The number of rotatable bonds is 7. The van der Waals surface area contributed by atoms with E-state index in [0.717, 1.165) is 16.8 Å². The molecule has 1 aliphatic rings. The van der Waals surface area contributed by atoms with E-state index in [9.17, 15) is 4.79 Å². The minimum atomic E-state index is 0.0464. The van der Waals surface area contributed by atoms with Crippen LogP contribution in [0.2, 0.25) is 0 Å². The van der Waals surface area contributed by atoms with Gasteiger partial charge in [0.05, 0.1) is 0 Å². The number of carbonyl (C=O) groups is 1. The number of carbonyl (C=O) groups excluding carboxylic acids is 1. The van der Waals surface area contributed by atoms with Gasteiger partial charge in [-0.3, -0.25) is 9.79 Å². The smallest absolute Gasteiger partial charge is 0.222 e. The van der Waals surface area contributed by atoms with Crippen LogP contribution in [0.5, 0.6) is 0 Å². The van der Waals surface area contributed by atoms with Crippen LogP contribution in [0, 0.1) is 0 Å². The third-order valence-electron chi connectivity index (χ3n) is 4.26. The van der Waals surface area contributed by atoms with Gasteiger partial charge in [0, 0.05) is 37.8 Å². The first-order valence-electron chi connectivity index (χ1n) is 8.52. The molecule has 2 atom stereocenters. The lowest BCUT2D eigenvalue weighted by Crippen LogP contribution is -2.43. The summed E-state index contributed by atoms with van der Waals surface area (Å²) in [5.41, 5.74) is 1.11. The van der Waals surface area contributed by atoms with Gasteiger partial charge < -0.3 is 16.0 Å². The van der Waals surface area contributed by atoms with Gasteiger partial charge in [-0.25, -0.2) is 0 Å². The van der Waals surface area contributed by atoms with Crippen LogP contribution in [-0.2, 0) is 11.3 Å². The number of aliphatic imine (C=N–C) groups is 1. The van der Waals surface area contributed by atoms with Crippen LogP contribution in [0.25, 0.3) is 0 Å². The van der Waals surface area contributed by atoms with Crippen molar-refractivity contribution in [1.29, 1.82) is 0 Å². The van der Waals surface area contributed by atoms with Crippen LogP contribution in [-0.4, -0.2) is 43.0 Å². The number of guanidine groups is 1. The molecule has 1 amide bonds. The molecule has 1 aliphatic carbocycles. The summed E-state index contributed by atoms with van der Waals surface area (Å²) in [6.45, 7) is 1.16. The summed E-state index contributed by atoms with van der Waals surface area (Å²) in [4.78, 5) is 16.1. The van der Waals surface area contributed by atoms with E-state index in [1.807, 2.05) is 42.1 Å². The molecular formula is C18H28N4OS. The van der Waals surface area contributed by atoms with Gasteiger partial charge in [0.25, 0.3) is 0 Å². The van der Waals surface area contributed by atoms with Gasteiger partial charge in [-0.05, 0) is 31.1 Å². The predicted octanol–water partition coefficient (Wildman–Crippen LogP) is 2.14. The summed E-state index contributed by atoms with van der Waals surface area (Å²) in [5.74, 6) is 0.836. The highest BCUT2D eigenvalue weighted by Crippen LogP contribution is 2.27.